The van der Waals surface area contributed by atoms with Crippen molar-refractivity contribution >= 4 is 0 Å². The quantitative estimate of drug-likeness (QED) is 0.121. The van der Waals surface area contributed by atoms with E-state index in [0.717, 1.165) is 24.2 Å². The molecule has 2 aromatic rings. The van der Waals surface area contributed by atoms with Gasteiger partial charge in [-0.05, 0) is 37.1 Å². The largest absolute Gasteiger partial charge is 0.379 e. The first-order chi connectivity index (χ1) is 19.6. The van der Waals surface area contributed by atoms with Gasteiger partial charge in [0.15, 0.2) is 0 Å². The van der Waals surface area contributed by atoms with Crippen LogP contribution in [-0.4, -0.2) is 35.7 Å². The molecule has 0 radical (unpaired) electrons. The van der Waals surface area contributed by atoms with E-state index in [1.807, 2.05) is 60.7 Å². The van der Waals surface area contributed by atoms with Gasteiger partial charge < -0.3 is 15.7 Å². The highest BCUT2D eigenvalue weighted by Crippen LogP contribution is 2.32. The van der Waals surface area contributed by atoms with E-state index in [-0.39, 0.29) is 0 Å². The maximum atomic E-state index is 12.2. The van der Waals surface area contributed by atoms with Crippen LogP contribution < -0.4 is 5.73 Å². The van der Waals surface area contributed by atoms with Crippen LogP contribution in [-0.2, 0) is 5.60 Å². The SMILES string of the molecule is CCCCCCCCCCCN(CCCCCCCCCCC)C[C@H](N)C(O)(c1ccccc1)c1ccccc1. The molecule has 0 unspecified atom stereocenters. The predicted molar refractivity (Wildman–Crippen MR) is 175 cm³/mol. The lowest BCUT2D eigenvalue weighted by Gasteiger charge is -2.38. The number of unbranched alkanes of at least 4 members (excludes halogenated alkanes) is 16. The van der Waals surface area contributed by atoms with Crippen molar-refractivity contribution in [3.05, 3.63) is 71.8 Å². The van der Waals surface area contributed by atoms with Crippen molar-refractivity contribution in [2.75, 3.05) is 19.6 Å². The molecule has 3 N–H and O–H groups in total. The summed E-state index contributed by atoms with van der Waals surface area (Å²) in [5.74, 6) is 0. The maximum Gasteiger partial charge on any atom is 0.131 e. The second-order valence-electron chi connectivity index (χ2n) is 12.1. The minimum absolute atomic E-state index is 0.408. The number of aliphatic hydroxyl groups is 1. The fourth-order valence-corrected chi connectivity index (χ4v) is 5.98. The molecular weight excluding hydrogens is 488 g/mol. The zero-order valence-electron chi connectivity index (χ0n) is 26.2. The minimum atomic E-state index is -1.21. The van der Waals surface area contributed by atoms with Crippen molar-refractivity contribution in [3.8, 4) is 0 Å². The van der Waals surface area contributed by atoms with Crippen LogP contribution in [0.1, 0.15) is 141 Å². The summed E-state index contributed by atoms with van der Waals surface area (Å²) < 4.78 is 0. The number of nitrogens with two attached hydrogens (primary N) is 1. The number of nitrogens with zero attached hydrogens (tertiary/aromatic N) is 1. The first kappa shape index (κ1) is 34.5. The highest BCUT2D eigenvalue weighted by atomic mass is 16.3. The molecule has 1 atom stereocenters. The smallest absolute Gasteiger partial charge is 0.131 e. The van der Waals surface area contributed by atoms with Gasteiger partial charge in [0.05, 0.1) is 6.04 Å². The Hall–Kier alpha value is -1.68. The molecule has 0 amide bonds. The van der Waals surface area contributed by atoms with Gasteiger partial charge in [-0.15, -0.1) is 0 Å². The van der Waals surface area contributed by atoms with Crippen LogP contribution in [0.2, 0.25) is 0 Å². The Labute approximate surface area is 248 Å². The van der Waals surface area contributed by atoms with Crippen LogP contribution in [0.3, 0.4) is 0 Å². The molecule has 2 aromatic carbocycles. The Morgan fingerprint density at radius 2 is 0.875 bits per heavy atom. The fourth-order valence-electron chi connectivity index (χ4n) is 5.98. The highest BCUT2D eigenvalue weighted by Gasteiger charge is 2.38. The van der Waals surface area contributed by atoms with Crippen molar-refractivity contribution in [2.24, 2.45) is 5.73 Å². The van der Waals surface area contributed by atoms with E-state index >= 15 is 0 Å². The van der Waals surface area contributed by atoms with E-state index in [4.69, 9.17) is 5.73 Å². The first-order valence-electron chi connectivity index (χ1n) is 16.9. The summed E-state index contributed by atoms with van der Waals surface area (Å²) >= 11 is 0. The molecular formula is C37H62N2O. The second kappa shape index (κ2) is 22.0. The van der Waals surface area contributed by atoms with Crippen LogP contribution >= 0.6 is 0 Å². The third kappa shape index (κ3) is 13.3. The van der Waals surface area contributed by atoms with Gasteiger partial charge in [0.25, 0.3) is 0 Å². The lowest BCUT2D eigenvalue weighted by molar-refractivity contribution is 0.0360. The molecule has 0 bridgehead atoms. The first-order valence-corrected chi connectivity index (χ1v) is 16.9. The summed E-state index contributed by atoms with van der Waals surface area (Å²) in [6.07, 6.45) is 24.2. The van der Waals surface area contributed by atoms with E-state index in [2.05, 4.69) is 18.7 Å². The Bertz CT molecular complexity index is 763. The molecule has 40 heavy (non-hydrogen) atoms. The number of hydrogen-bond donors (Lipinski definition) is 2. The zero-order valence-corrected chi connectivity index (χ0v) is 26.2. The molecule has 0 aliphatic rings. The van der Waals surface area contributed by atoms with E-state index in [1.165, 1.54) is 116 Å². The van der Waals surface area contributed by atoms with Gasteiger partial charge >= 0.3 is 0 Å². The zero-order chi connectivity index (χ0) is 28.7. The molecule has 0 aliphatic carbocycles. The maximum absolute atomic E-state index is 12.2. The van der Waals surface area contributed by atoms with Crippen molar-refractivity contribution in [1.29, 1.82) is 0 Å². The fraction of sp³-hybridized carbons (Fsp3) is 0.676. The highest BCUT2D eigenvalue weighted by molar-refractivity contribution is 5.38. The Kier molecular flexibility index (Phi) is 19.0. The van der Waals surface area contributed by atoms with Gasteiger partial charge in [-0.2, -0.15) is 0 Å². The van der Waals surface area contributed by atoms with Crippen molar-refractivity contribution in [2.45, 2.75) is 141 Å². The van der Waals surface area contributed by atoms with Crippen LogP contribution in [0, 0.1) is 0 Å². The van der Waals surface area contributed by atoms with Gasteiger partial charge in [-0.3, -0.25) is 0 Å². The molecule has 3 heteroatoms. The number of benzene rings is 2. The lowest BCUT2D eigenvalue weighted by atomic mass is 9.80. The summed E-state index contributed by atoms with van der Waals surface area (Å²) in [4.78, 5) is 2.55. The standard InChI is InChI=1S/C37H62N2O/c1-3-5-7-9-11-13-15-17-25-31-39(32-26-18-16-14-12-10-8-6-4-2)33-36(38)37(40,34-27-21-19-22-28-34)35-29-23-20-24-30-35/h19-24,27-30,36,40H,3-18,25-26,31-33,38H2,1-2H3/t36-/m0/s1. The van der Waals surface area contributed by atoms with Gasteiger partial charge in [-0.25, -0.2) is 0 Å². The second-order valence-corrected chi connectivity index (χ2v) is 12.1. The molecule has 0 aliphatic heterocycles. The van der Waals surface area contributed by atoms with Gasteiger partial charge in [0.1, 0.15) is 5.60 Å². The van der Waals surface area contributed by atoms with Gasteiger partial charge in [0.2, 0.25) is 0 Å². The van der Waals surface area contributed by atoms with Gasteiger partial charge in [-0.1, -0.05) is 177 Å². The summed E-state index contributed by atoms with van der Waals surface area (Å²) in [5.41, 5.74) is 7.48. The van der Waals surface area contributed by atoms with Crippen molar-refractivity contribution < 1.29 is 5.11 Å². The van der Waals surface area contributed by atoms with E-state index in [9.17, 15) is 5.11 Å². The number of rotatable bonds is 25. The average molecular weight is 551 g/mol. The monoisotopic (exact) mass is 550 g/mol. The van der Waals surface area contributed by atoms with E-state index in [0.29, 0.717) is 6.54 Å². The normalized spacial score (nSPS) is 12.7. The molecule has 0 spiro atoms. The van der Waals surface area contributed by atoms with Crippen molar-refractivity contribution in [1.82, 2.24) is 4.90 Å². The molecule has 0 saturated carbocycles. The van der Waals surface area contributed by atoms with Crippen LogP contribution in [0.5, 0.6) is 0 Å². The third-order valence-electron chi connectivity index (χ3n) is 8.58. The molecule has 3 nitrogen and oxygen atoms in total. The Morgan fingerprint density at radius 3 is 1.23 bits per heavy atom. The summed E-state index contributed by atoms with van der Waals surface area (Å²) in [6.45, 7) is 7.41. The lowest BCUT2D eigenvalue weighted by Crippen LogP contribution is -2.53. The van der Waals surface area contributed by atoms with Crippen LogP contribution in [0.25, 0.3) is 0 Å². The predicted octanol–water partition coefficient (Wildman–Crippen LogP) is 9.61. The topological polar surface area (TPSA) is 49.5 Å². The van der Waals surface area contributed by atoms with Gasteiger partial charge in [0, 0.05) is 6.54 Å². The van der Waals surface area contributed by atoms with E-state index in [1.54, 1.807) is 0 Å². The summed E-state index contributed by atoms with van der Waals surface area (Å²) in [7, 11) is 0. The summed E-state index contributed by atoms with van der Waals surface area (Å²) in [6, 6.07) is 19.6. The van der Waals surface area contributed by atoms with Crippen molar-refractivity contribution in [3.63, 3.8) is 0 Å². The molecule has 0 heterocycles. The number of hydrogen-bond acceptors (Lipinski definition) is 3. The molecule has 0 fully saturated rings. The molecule has 0 aromatic heterocycles. The summed E-state index contributed by atoms with van der Waals surface area (Å²) in [5, 5.41) is 12.2. The molecule has 2 rings (SSSR count). The third-order valence-corrected chi connectivity index (χ3v) is 8.58. The van der Waals surface area contributed by atoms with Crippen LogP contribution in [0.4, 0.5) is 0 Å². The molecule has 0 saturated heterocycles. The Morgan fingerprint density at radius 1 is 0.550 bits per heavy atom. The molecule has 226 valence electrons. The average Bonchev–Trinajstić information content (AvgIpc) is 2.99. The van der Waals surface area contributed by atoms with E-state index < -0.39 is 11.6 Å². The minimum Gasteiger partial charge on any atom is -0.379 e. The Balaban J connectivity index is 1.93. The van der Waals surface area contributed by atoms with Crippen LogP contribution in [0.15, 0.2) is 60.7 Å².